The predicted molar refractivity (Wildman–Crippen MR) is 103 cm³/mol. The third-order valence-electron chi connectivity index (χ3n) is 4.21. The molecule has 0 fully saturated rings. The van der Waals surface area contributed by atoms with Crippen LogP contribution in [0.3, 0.4) is 0 Å². The van der Waals surface area contributed by atoms with Gasteiger partial charge in [-0.2, -0.15) is 0 Å². The third kappa shape index (κ3) is 4.57. The van der Waals surface area contributed by atoms with Crippen molar-refractivity contribution < 1.29 is 28.3 Å². The van der Waals surface area contributed by atoms with Crippen LogP contribution in [0.25, 0.3) is 0 Å². The number of ether oxygens (including phenoxy) is 2. The van der Waals surface area contributed by atoms with Crippen molar-refractivity contribution in [2.24, 2.45) is 0 Å². The van der Waals surface area contributed by atoms with E-state index in [1.165, 1.54) is 32.4 Å². The van der Waals surface area contributed by atoms with Gasteiger partial charge in [0.2, 0.25) is 5.78 Å². The lowest BCUT2D eigenvalue weighted by molar-refractivity contribution is -0.174. The molecule has 1 aromatic heterocycles. The first-order valence-electron chi connectivity index (χ1n) is 8.76. The van der Waals surface area contributed by atoms with Gasteiger partial charge in [-0.3, -0.25) is 9.59 Å². The van der Waals surface area contributed by atoms with E-state index in [9.17, 15) is 14.4 Å². The van der Waals surface area contributed by atoms with Crippen molar-refractivity contribution >= 4 is 17.7 Å². The molecule has 28 heavy (non-hydrogen) atoms. The number of ketones is 1. The van der Waals surface area contributed by atoms with Crippen LogP contribution in [0.4, 0.5) is 0 Å². The second-order valence-corrected chi connectivity index (χ2v) is 7.32. The number of allylic oxidation sites excluding steroid dienone is 1. The first kappa shape index (κ1) is 21.2. The largest absolute Gasteiger partial charge is 0.466 e. The van der Waals surface area contributed by atoms with E-state index in [0.29, 0.717) is 5.56 Å². The molecular weight excluding hydrogens is 360 g/mol. The summed E-state index contributed by atoms with van der Waals surface area (Å²) in [4.78, 5) is 36.7. The normalized spacial score (nSPS) is 13.8. The molecule has 2 rings (SSSR count). The molecule has 0 aliphatic rings. The Labute approximate surface area is 164 Å². The van der Waals surface area contributed by atoms with Crippen LogP contribution in [0.5, 0.6) is 0 Å². The molecule has 2 aromatic rings. The van der Waals surface area contributed by atoms with Crippen molar-refractivity contribution in [2.75, 3.05) is 7.11 Å². The fraction of sp³-hybridized carbons (Fsp3) is 0.318. The molecule has 0 saturated heterocycles. The minimum Gasteiger partial charge on any atom is -0.466 e. The fourth-order valence-electron chi connectivity index (χ4n) is 2.71. The van der Waals surface area contributed by atoms with Gasteiger partial charge in [0.15, 0.2) is 5.76 Å². The number of rotatable bonds is 6. The zero-order valence-corrected chi connectivity index (χ0v) is 16.6. The molecule has 0 bridgehead atoms. The van der Waals surface area contributed by atoms with Crippen LogP contribution >= 0.6 is 0 Å². The second kappa shape index (κ2) is 8.25. The minimum atomic E-state index is -1.89. The smallest absolute Gasteiger partial charge is 0.359 e. The molecule has 148 valence electrons. The summed E-state index contributed by atoms with van der Waals surface area (Å²) < 4.78 is 15.3. The van der Waals surface area contributed by atoms with E-state index in [-0.39, 0.29) is 11.2 Å². The molecule has 0 spiro atoms. The van der Waals surface area contributed by atoms with E-state index < -0.39 is 23.3 Å². The molecule has 0 radical (unpaired) electrons. The van der Waals surface area contributed by atoms with Crippen LogP contribution in [-0.2, 0) is 30.1 Å². The van der Waals surface area contributed by atoms with Gasteiger partial charge >= 0.3 is 11.9 Å². The van der Waals surface area contributed by atoms with Crippen molar-refractivity contribution in [3.63, 3.8) is 0 Å². The molecular formula is C22H24O6. The van der Waals surface area contributed by atoms with Crippen molar-refractivity contribution in [3.8, 4) is 0 Å². The highest BCUT2D eigenvalue weighted by molar-refractivity contribution is 6.03. The third-order valence-corrected chi connectivity index (χ3v) is 4.21. The number of esters is 2. The van der Waals surface area contributed by atoms with Crippen LogP contribution in [0.15, 0.2) is 59.2 Å². The van der Waals surface area contributed by atoms with Gasteiger partial charge in [-0.15, -0.1) is 0 Å². The Bertz CT molecular complexity index is 869. The van der Waals surface area contributed by atoms with Crippen LogP contribution in [0, 0.1) is 0 Å². The standard InChI is InChI=1S/C22H24O6/c1-15(23)28-22(20(25)26-5,13-12-18(24)19-7-6-14-27-19)17-10-8-16(9-11-17)21(2,3)4/h6-14H,1-5H3/b13-12+. The summed E-state index contributed by atoms with van der Waals surface area (Å²) in [6.45, 7) is 7.36. The number of hydrogen-bond acceptors (Lipinski definition) is 6. The average molecular weight is 384 g/mol. The van der Waals surface area contributed by atoms with Crippen LogP contribution < -0.4 is 0 Å². The van der Waals surface area contributed by atoms with E-state index in [1.54, 1.807) is 18.2 Å². The van der Waals surface area contributed by atoms with Gasteiger partial charge in [-0.05, 0) is 35.3 Å². The van der Waals surface area contributed by atoms with Gasteiger partial charge in [0.25, 0.3) is 5.60 Å². The van der Waals surface area contributed by atoms with Gasteiger partial charge in [0, 0.05) is 12.5 Å². The summed E-state index contributed by atoms with van der Waals surface area (Å²) in [6, 6.07) is 10.1. The Morgan fingerprint density at radius 2 is 1.61 bits per heavy atom. The molecule has 0 amide bonds. The van der Waals surface area contributed by atoms with E-state index in [4.69, 9.17) is 13.9 Å². The Kier molecular flexibility index (Phi) is 6.23. The Hall–Kier alpha value is -3.15. The lowest BCUT2D eigenvalue weighted by Gasteiger charge is -2.28. The molecule has 1 aromatic carbocycles. The Morgan fingerprint density at radius 1 is 1.00 bits per heavy atom. The Morgan fingerprint density at radius 3 is 2.07 bits per heavy atom. The highest BCUT2D eigenvalue weighted by Gasteiger charge is 2.43. The van der Waals surface area contributed by atoms with Gasteiger partial charge in [0.1, 0.15) is 0 Å². The molecule has 0 aliphatic carbocycles. The number of methoxy groups -OCH3 is 1. The molecule has 0 saturated carbocycles. The summed E-state index contributed by atoms with van der Waals surface area (Å²) in [5, 5.41) is 0. The summed E-state index contributed by atoms with van der Waals surface area (Å²) in [7, 11) is 1.19. The monoisotopic (exact) mass is 384 g/mol. The maximum absolute atomic E-state index is 12.7. The molecule has 1 heterocycles. The summed E-state index contributed by atoms with van der Waals surface area (Å²) in [6.07, 6.45) is 3.72. The van der Waals surface area contributed by atoms with Crippen molar-refractivity contribution in [1.29, 1.82) is 0 Å². The highest BCUT2D eigenvalue weighted by Crippen LogP contribution is 2.32. The first-order valence-corrected chi connectivity index (χ1v) is 8.76. The van der Waals surface area contributed by atoms with E-state index in [2.05, 4.69) is 20.8 Å². The highest BCUT2D eigenvalue weighted by atomic mass is 16.6. The topological polar surface area (TPSA) is 82.8 Å². The fourth-order valence-corrected chi connectivity index (χ4v) is 2.71. The van der Waals surface area contributed by atoms with Crippen LogP contribution in [0.1, 0.15) is 49.4 Å². The van der Waals surface area contributed by atoms with Crippen LogP contribution in [-0.4, -0.2) is 24.8 Å². The molecule has 1 unspecified atom stereocenters. The number of carbonyl (C=O) groups excluding carboxylic acids is 3. The molecule has 0 N–H and O–H groups in total. The maximum Gasteiger partial charge on any atom is 0.359 e. The zero-order valence-electron chi connectivity index (χ0n) is 16.6. The number of hydrogen-bond donors (Lipinski definition) is 0. The molecule has 1 atom stereocenters. The van der Waals surface area contributed by atoms with E-state index in [1.807, 2.05) is 12.1 Å². The maximum atomic E-state index is 12.7. The molecule has 0 aliphatic heterocycles. The van der Waals surface area contributed by atoms with E-state index >= 15 is 0 Å². The zero-order chi connectivity index (χ0) is 20.9. The first-order chi connectivity index (χ1) is 13.1. The van der Waals surface area contributed by atoms with E-state index in [0.717, 1.165) is 11.6 Å². The van der Waals surface area contributed by atoms with Gasteiger partial charge in [-0.25, -0.2) is 4.79 Å². The quantitative estimate of drug-likeness (QED) is 0.426. The summed E-state index contributed by atoms with van der Waals surface area (Å²) in [5.41, 5.74) is -0.586. The van der Waals surface area contributed by atoms with Crippen molar-refractivity contribution in [2.45, 2.75) is 38.7 Å². The average Bonchev–Trinajstić information content (AvgIpc) is 3.18. The van der Waals surface area contributed by atoms with Gasteiger partial charge in [0.05, 0.1) is 13.4 Å². The van der Waals surface area contributed by atoms with Crippen molar-refractivity contribution in [1.82, 2.24) is 0 Å². The lowest BCUT2D eigenvalue weighted by atomic mass is 9.84. The molecule has 6 heteroatoms. The lowest BCUT2D eigenvalue weighted by Crippen LogP contribution is -2.39. The summed E-state index contributed by atoms with van der Waals surface area (Å²) in [5.74, 6) is -1.90. The van der Waals surface area contributed by atoms with Gasteiger partial charge < -0.3 is 13.9 Å². The molecule has 6 nitrogen and oxygen atoms in total. The number of carbonyl (C=O) groups is 3. The Balaban J connectivity index is 2.55. The minimum absolute atomic E-state index is 0.0981. The summed E-state index contributed by atoms with van der Waals surface area (Å²) >= 11 is 0. The van der Waals surface area contributed by atoms with Crippen molar-refractivity contribution in [3.05, 3.63) is 71.7 Å². The van der Waals surface area contributed by atoms with Crippen LogP contribution in [0.2, 0.25) is 0 Å². The SMILES string of the molecule is COC(=O)C(/C=C/C(=O)c1ccco1)(OC(C)=O)c1ccc(C(C)(C)C)cc1. The number of furan rings is 1. The van der Waals surface area contributed by atoms with Gasteiger partial charge in [-0.1, -0.05) is 45.0 Å². The number of benzene rings is 1. The second-order valence-electron chi connectivity index (χ2n) is 7.32. The predicted octanol–water partition coefficient (Wildman–Crippen LogP) is 3.95.